The second-order valence-electron chi connectivity index (χ2n) is 7.69. The lowest BCUT2D eigenvalue weighted by Crippen LogP contribution is -2.53. The fraction of sp³-hybridized carbons (Fsp3) is 0.632. The van der Waals surface area contributed by atoms with Crippen LogP contribution in [0.5, 0.6) is 0 Å². The summed E-state index contributed by atoms with van der Waals surface area (Å²) in [5.74, 6) is -0.00551. The van der Waals surface area contributed by atoms with E-state index in [1.54, 1.807) is 4.90 Å². The summed E-state index contributed by atoms with van der Waals surface area (Å²) in [6.45, 7) is 9.15. The van der Waals surface area contributed by atoms with E-state index in [9.17, 15) is 26.4 Å². The van der Waals surface area contributed by atoms with Crippen LogP contribution in [0.3, 0.4) is 0 Å². The van der Waals surface area contributed by atoms with Crippen LogP contribution in [0.15, 0.2) is 29.2 Å². The van der Waals surface area contributed by atoms with Crippen molar-refractivity contribution in [3.8, 4) is 0 Å². The summed E-state index contributed by atoms with van der Waals surface area (Å²) in [6, 6.07) is 3.66. The van der Waals surface area contributed by atoms with Crippen molar-refractivity contribution in [1.29, 1.82) is 0 Å². The summed E-state index contributed by atoms with van der Waals surface area (Å²) in [7, 11) is -3.88. The van der Waals surface area contributed by atoms with Gasteiger partial charge in [-0.1, -0.05) is 0 Å². The van der Waals surface area contributed by atoms with Crippen molar-refractivity contribution in [3.63, 3.8) is 0 Å². The molecule has 164 valence electrons. The number of carbonyl (C=O) groups excluding carboxylic acids is 1. The van der Waals surface area contributed by atoms with Gasteiger partial charge in [0.05, 0.1) is 17.0 Å². The van der Waals surface area contributed by atoms with Gasteiger partial charge >= 0.3 is 6.18 Å². The number of halogens is 3. The zero-order valence-electron chi connectivity index (χ0n) is 17.1. The van der Waals surface area contributed by atoms with E-state index in [2.05, 4.69) is 0 Å². The van der Waals surface area contributed by atoms with Gasteiger partial charge in [-0.05, 0) is 52.0 Å². The molecule has 0 aromatic heterocycles. The zero-order chi connectivity index (χ0) is 22.0. The molecule has 10 heteroatoms. The van der Waals surface area contributed by atoms with Gasteiger partial charge in [0.25, 0.3) is 0 Å². The van der Waals surface area contributed by atoms with Gasteiger partial charge in [0, 0.05) is 38.3 Å². The molecular formula is C19H28F3N3O3S. The molecule has 1 amide bonds. The lowest BCUT2D eigenvalue weighted by atomic mass is 10.2. The second kappa shape index (κ2) is 9.01. The average Bonchev–Trinajstić information content (AvgIpc) is 2.61. The van der Waals surface area contributed by atoms with E-state index >= 15 is 0 Å². The Labute approximate surface area is 170 Å². The van der Waals surface area contributed by atoms with Gasteiger partial charge in [-0.15, -0.1) is 0 Å². The normalized spacial score (nSPS) is 17.1. The Hall–Kier alpha value is -1.65. The fourth-order valence-corrected chi connectivity index (χ4v) is 4.96. The highest BCUT2D eigenvalue weighted by molar-refractivity contribution is 7.89. The molecule has 1 fully saturated rings. The molecule has 1 aromatic rings. The van der Waals surface area contributed by atoms with Crippen molar-refractivity contribution in [1.82, 2.24) is 14.1 Å². The highest BCUT2D eigenvalue weighted by Gasteiger charge is 2.33. The van der Waals surface area contributed by atoms with Gasteiger partial charge in [-0.25, -0.2) is 8.42 Å². The van der Waals surface area contributed by atoms with Crippen LogP contribution in [0, 0.1) is 0 Å². The van der Waals surface area contributed by atoms with Crippen LogP contribution in [0.1, 0.15) is 33.3 Å². The highest BCUT2D eigenvalue weighted by atomic mass is 32.2. The number of benzene rings is 1. The van der Waals surface area contributed by atoms with E-state index in [0.29, 0.717) is 13.1 Å². The number of hydrogen-bond acceptors (Lipinski definition) is 4. The summed E-state index contributed by atoms with van der Waals surface area (Å²) < 4.78 is 64.7. The van der Waals surface area contributed by atoms with Crippen LogP contribution in [0.25, 0.3) is 0 Å². The first kappa shape index (κ1) is 23.6. The number of hydrogen-bond donors (Lipinski definition) is 0. The molecule has 1 aliphatic heterocycles. The minimum atomic E-state index is -4.51. The standard InChI is InChI=1S/C19H28F3N3O3S/c1-14(2)25(15(3)4)18(26)13-23-9-11-24(12-10-23)29(27,28)17-7-5-16(6-8-17)19(20,21)22/h5-8,14-15H,9-13H2,1-4H3. The molecule has 1 heterocycles. The maximum Gasteiger partial charge on any atom is 0.416 e. The summed E-state index contributed by atoms with van der Waals surface area (Å²) in [5, 5.41) is 0. The molecule has 0 atom stereocenters. The first-order chi connectivity index (χ1) is 13.3. The predicted octanol–water partition coefficient (Wildman–Crippen LogP) is 2.66. The molecule has 1 aliphatic rings. The number of carbonyl (C=O) groups is 1. The van der Waals surface area contributed by atoms with Crippen LogP contribution in [0.4, 0.5) is 13.2 Å². The lowest BCUT2D eigenvalue weighted by Gasteiger charge is -2.36. The smallest absolute Gasteiger partial charge is 0.337 e. The molecule has 0 bridgehead atoms. The molecule has 1 saturated heterocycles. The second-order valence-corrected chi connectivity index (χ2v) is 9.63. The predicted molar refractivity (Wildman–Crippen MR) is 104 cm³/mol. The zero-order valence-corrected chi connectivity index (χ0v) is 17.9. The first-order valence-corrected chi connectivity index (χ1v) is 11.0. The average molecular weight is 436 g/mol. The molecule has 0 spiro atoms. The van der Waals surface area contributed by atoms with E-state index < -0.39 is 21.8 Å². The molecule has 29 heavy (non-hydrogen) atoms. The number of amides is 1. The Morgan fingerprint density at radius 1 is 1.00 bits per heavy atom. The van der Waals surface area contributed by atoms with Crippen LogP contribution in [-0.4, -0.2) is 73.2 Å². The topological polar surface area (TPSA) is 60.9 Å². The molecule has 0 N–H and O–H groups in total. The Kier molecular flexibility index (Phi) is 7.34. The molecule has 1 aromatic carbocycles. The quantitative estimate of drug-likeness (QED) is 0.689. The Balaban J connectivity index is 2.00. The Morgan fingerprint density at radius 2 is 1.48 bits per heavy atom. The van der Waals surface area contributed by atoms with Crippen molar-refractivity contribution in [2.24, 2.45) is 0 Å². The van der Waals surface area contributed by atoms with Crippen LogP contribution < -0.4 is 0 Å². The monoisotopic (exact) mass is 435 g/mol. The van der Waals surface area contributed by atoms with E-state index in [4.69, 9.17) is 0 Å². The fourth-order valence-electron chi connectivity index (χ4n) is 3.54. The highest BCUT2D eigenvalue weighted by Crippen LogP contribution is 2.30. The number of piperazine rings is 1. The SMILES string of the molecule is CC(C)N(C(=O)CN1CCN(S(=O)(=O)c2ccc(C(F)(F)F)cc2)CC1)C(C)C. The summed E-state index contributed by atoms with van der Waals surface area (Å²) in [5.41, 5.74) is -0.889. The lowest BCUT2D eigenvalue weighted by molar-refractivity contribution is -0.138. The summed E-state index contributed by atoms with van der Waals surface area (Å²) in [6.07, 6.45) is -4.51. The minimum Gasteiger partial charge on any atom is -0.337 e. The van der Waals surface area contributed by atoms with E-state index in [1.807, 2.05) is 32.6 Å². The van der Waals surface area contributed by atoms with Gasteiger partial charge < -0.3 is 4.90 Å². The number of sulfonamides is 1. The van der Waals surface area contributed by atoms with Gasteiger partial charge in [0.15, 0.2) is 0 Å². The Bertz CT molecular complexity index is 792. The van der Waals surface area contributed by atoms with Gasteiger partial charge in [0.2, 0.25) is 15.9 Å². The van der Waals surface area contributed by atoms with Crippen molar-refractivity contribution >= 4 is 15.9 Å². The first-order valence-electron chi connectivity index (χ1n) is 9.55. The van der Waals surface area contributed by atoms with Crippen molar-refractivity contribution in [2.75, 3.05) is 32.7 Å². The van der Waals surface area contributed by atoms with Crippen molar-refractivity contribution < 1.29 is 26.4 Å². The summed E-state index contributed by atoms with van der Waals surface area (Å²) >= 11 is 0. The Morgan fingerprint density at radius 3 is 1.90 bits per heavy atom. The summed E-state index contributed by atoms with van der Waals surface area (Å²) in [4.78, 5) is 16.1. The van der Waals surface area contributed by atoms with Crippen molar-refractivity contribution in [2.45, 2.75) is 50.9 Å². The number of rotatable bonds is 6. The van der Waals surface area contributed by atoms with Crippen LogP contribution in [-0.2, 0) is 21.0 Å². The van der Waals surface area contributed by atoms with Gasteiger partial charge in [-0.2, -0.15) is 17.5 Å². The molecule has 0 saturated carbocycles. The van der Waals surface area contributed by atoms with Crippen molar-refractivity contribution in [3.05, 3.63) is 29.8 Å². The molecule has 6 nitrogen and oxygen atoms in total. The van der Waals surface area contributed by atoms with E-state index in [1.165, 1.54) is 4.31 Å². The van der Waals surface area contributed by atoms with Crippen LogP contribution in [0.2, 0.25) is 0 Å². The molecule has 0 unspecified atom stereocenters. The molecular weight excluding hydrogens is 407 g/mol. The molecule has 2 rings (SSSR count). The van der Waals surface area contributed by atoms with E-state index in [0.717, 1.165) is 24.3 Å². The third-order valence-corrected chi connectivity index (χ3v) is 6.82. The molecule has 0 radical (unpaired) electrons. The maximum atomic E-state index is 12.7. The number of alkyl halides is 3. The minimum absolute atomic E-state index is 0.00551. The van der Waals surface area contributed by atoms with E-state index in [-0.39, 0.29) is 42.5 Å². The van der Waals surface area contributed by atoms with Crippen LogP contribution >= 0.6 is 0 Å². The maximum absolute atomic E-state index is 12.7. The molecule has 0 aliphatic carbocycles. The third-order valence-electron chi connectivity index (χ3n) is 4.91. The van der Waals surface area contributed by atoms with Gasteiger partial charge in [-0.3, -0.25) is 9.69 Å². The number of nitrogens with zero attached hydrogens (tertiary/aromatic N) is 3. The largest absolute Gasteiger partial charge is 0.416 e. The van der Waals surface area contributed by atoms with Gasteiger partial charge in [0.1, 0.15) is 0 Å². The third kappa shape index (κ3) is 5.70.